The SMILES string of the molecule is Cc1cc(C)nc(NNC(=O)Nc2cccc(Cl)c2)n1. The summed E-state index contributed by atoms with van der Waals surface area (Å²) in [6.45, 7) is 3.71. The van der Waals surface area contributed by atoms with E-state index in [1.807, 2.05) is 19.9 Å². The van der Waals surface area contributed by atoms with E-state index in [9.17, 15) is 4.79 Å². The Kier molecular flexibility index (Phi) is 4.37. The largest absolute Gasteiger partial charge is 0.337 e. The van der Waals surface area contributed by atoms with Gasteiger partial charge in [-0.1, -0.05) is 17.7 Å². The van der Waals surface area contributed by atoms with Crippen LogP contribution in [-0.4, -0.2) is 16.0 Å². The van der Waals surface area contributed by atoms with Gasteiger partial charge in [0.2, 0.25) is 5.95 Å². The number of hydrogen-bond donors (Lipinski definition) is 3. The molecule has 0 aliphatic carbocycles. The van der Waals surface area contributed by atoms with E-state index in [4.69, 9.17) is 11.6 Å². The highest BCUT2D eigenvalue weighted by Crippen LogP contribution is 2.14. The summed E-state index contributed by atoms with van der Waals surface area (Å²) in [6, 6.07) is 8.27. The summed E-state index contributed by atoms with van der Waals surface area (Å²) in [5.74, 6) is 0.337. The molecule has 1 aromatic heterocycles. The number of hydrogen-bond acceptors (Lipinski definition) is 4. The van der Waals surface area contributed by atoms with Crippen LogP contribution in [0, 0.1) is 13.8 Å². The fourth-order valence-electron chi connectivity index (χ4n) is 1.62. The lowest BCUT2D eigenvalue weighted by molar-refractivity contribution is 0.253. The van der Waals surface area contributed by atoms with Crippen molar-refractivity contribution in [1.82, 2.24) is 15.4 Å². The summed E-state index contributed by atoms with van der Waals surface area (Å²) in [4.78, 5) is 20.0. The molecule has 2 rings (SSSR count). The van der Waals surface area contributed by atoms with E-state index in [1.165, 1.54) is 0 Å². The Morgan fingerprint density at radius 2 is 1.85 bits per heavy atom. The molecule has 104 valence electrons. The van der Waals surface area contributed by atoms with Crippen molar-refractivity contribution in [3.63, 3.8) is 0 Å². The van der Waals surface area contributed by atoms with Crippen LogP contribution >= 0.6 is 11.6 Å². The minimum atomic E-state index is -0.435. The van der Waals surface area contributed by atoms with Crippen molar-refractivity contribution in [2.24, 2.45) is 0 Å². The van der Waals surface area contributed by atoms with Crippen molar-refractivity contribution in [2.45, 2.75) is 13.8 Å². The number of aryl methyl sites for hydroxylation is 2. The fourth-order valence-corrected chi connectivity index (χ4v) is 1.81. The molecular weight excluding hydrogens is 278 g/mol. The first-order valence-corrected chi connectivity index (χ1v) is 6.31. The maximum absolute atomic E-state index is 11.7. The highest BCUT2D eigenvalue weighted by Gasteiger charge is 2.03. The molecule has 1 aromatic carbocycles. The summed E-state index contributed by atoms with van der Waals surface area (Å²) in [6.07, 6.45) is 0. The first-order chi connectivity index (χ1) is 9.52. The van der Waals surface area contributed by atoms with Crippen LogP contribution in [-0.2, 0) is 0 Å². The number of amides is 2. The normalized spacial score (nSPS) is 9.95. The lowest BCUT2D eigenvalue weighted by atomic mass is 10.3. The molecule has 20 heavy (non-hydrogen) atoms. The van der Waals surface area contributed by atoms with Gasteiger partial charge in [-0.2, -0.15) is 0 Å². The highest BCUT2D eigenvalue weighted by molar-refractivity contribution is 6.30. The van der Waals surface area contributed by atoms with Crippen molar-refractivity contribution in [3.05, 3.63) is 46.7 Å². The maximum Gasteiger partial charge on any atom is 0.337 e. The predicted molar refractivity (Wildman–Crippen MR) is 78.7 cm³/mol. The van der Waals surface area contributed by atoms with Gasteiger partial charge in [0.25, 0.3) is 0 Å². The van der Waals surface area contributed by atoms with Crippen molar-refractivity contribution in [1.29, 1.82) is 0 Å². The molecule has 6 nitrogen and oxygen atoms in total. The van der Waals surface area contributed by atoms with Crippen molar-refractivity contribution in [3.8, 4) is 0 Å². The second kappa shape index (κ2) is 6.21. The minimum Gasteiger partial charge on any atom is -0.307 e. The zero-order valence-corrected chi connectivity index (χ0v) is 11.8. The van der Waals surface area contributed by atoms with Gasteiger partial charge in [0, 0.05) is 22.1 Å². The van der Waals surface area contributed by atoms with Crippen LogP contribution in [0.5, 0.6) is 0 Å². The van der Waals surface area contributed by atoms with E-state index in [1.54, 1.807) is 24.3 Å². The van der Waals surface area contributed by atoms with Gasteiger partial charge in [-0.3, -0.25) is 5.43 Å². The van der Waals surface area contributed by atoms with Crippen LogP contribution in [0.25, 0.3) is 0 Å². The van der Waals surface area contributed by atoms with Gasteiger partial charge in [0.15, 0.2) is 0 Å². The molecule has 0 fully saturated rings. The highest BCUT2D eigenvalue weighted by atomic mass is 35.5. The molecule has 2 aromatic rings. The van der Waals surface area contributed by atoms with Crippen LogP contribution in [0.2, 0.25) is 5.02 Å². The van der Waals surface area contributed by atoms with E-state index >= 15 is 0 Å². The Morgan fingerprint density at radius 3 is 2.50 bits per heavy atom. The third-order valence-electron chi connectivity index (χ3n) is 2.35. The molecule has 0 aliphatic rings. The molecule has 0 bridgehead atoms. The molecule has 2 amide bonds. The lowest BCUT2D eigenvalue weighted by Crippen LogP contribution is -2.34. The molecule has 0 unspecified atom stereocenters. The van der Waals surface area contributed by atoms with Gasteiger partial charge in [-0.15, -0.1) is 0 Å². The number of benzene rings is 1. The topological polar surface area (TPSA) is 78.9 Å². The van der Waals surface area contributed by atoms with Crippen LogP contribution in [0.4, 0.5) is 16.4 Å². The molecule has 0 spiro atoms. The monoisotopic (exact) mass is 291 g/mol. The quantitative estimate of drug-likeness (QED) is 0.760. The number of urea groups is 1. The Hall–Kier alpha value is -2.34. The number of aromatic nitrogens is 2. The van der Waals surface area contributed by atoms with Crippen LogP contribution in [0.3, 0.4) is 0 Å². The molecule has 0 saturated heterocycles. The molecule has 0 atom stereocenters. The molecule has 1 heterocycles. The van der Waals surface area contributed by atoms with E-state index in [0.29, 0.717) is 16.7 Å². The van der Waals surface area contributed by atoms with Crippen molar-refractivity contribution in [2.75, 3.05) is 10.7 Å². The molecule has 3 N–H and O–H groups in total. The second-order valence-corrected chi connectivity index (χ2v) is 4.63. The van der Waals surface area contributed by atoms with E-state index in [-0.39, 0.29) is 0 Å². The van der Waals surface area contributed by atoms with Gasteiger partial charge in [0.1, 0.15) is 0 Å². The number of halogens is 1. The zero-order chi connectivity index (χ0) is 14.5. The number of hydrazine groups is 1. The Morgan fingerprint density at radius 1 is 1.15 bits per heavy atom. The first kappa shape index (κ1) is 14.1. The Labute approximate surface area is 121 Å². The van der Waals surface area contributed by atoms with Gasteiger partial charge in [0.05, 0.1) is 0 Å². The molecule has 0 radical (unpaired) electrons. The summed E-state index contributed by atoms with van der Waals surface area (Å²) < 4.78 is 0. The average molecular weight is 292 g/mol. The van der Waals surface area contributed by atoms with Gasteiger partial charge < -0.3 is 5.32 Å². The van der Waals surface area contributed by atoms with Crippen molar-refractivity contribution >= 4 is 29.3 Å². The van der Waals surface area contributed by atoms with Gasteiger partial charge in [-0.25, -0.2) is 20.2 Å². The molecule has 7 heteroatoms. The first-order valence-electron chi connectivity index (χ1n) is 5.94. The molecule has 0 saturated carbocycles. The summed E-state index contributed by atoms with van der Waals surface area (Å²) in [5.41, 5.74) is 7.33. The molecule has 0 aliphatic heterocycles. The third kappa shape index (κ3) is 4.10. The van der Waals surface area contributed by atoms with Crippen LogP contribution < -0.4 is 16.2 Å². The molecular formula is C13H14ClN5O. The number of rotatable bonds is 3. The Balaban J connectivity index is 1.92. The van der Waals surface area contributed by atoms with E-state index in [0.717, 1.165) is 11.4 Å². The minimum absolute atomic E-state index is 0.337. The number of nitrogens with one attached hydrogen (secondary N) is 3. The van der Waals surface area contributed by atoms with Gasteiger partial charge >= 0.3 is 6.03 Å². The zero-order valence-electron chi connectivity index (χ0n) is 11.1. The summed E-state index contributed by atoms with van der Waals surface area (Å²) in [7, 11) is 0. The number of anilines is 2. The smallest absolute Gasteiger partial charge is 0.307 e. The van der Waals surface area contributed by atoms with E-state index in [2.05, 4.69) is 26.1 Å². The average Bonchev–Trinajstić information content (AvgIpc) is 2.35. The maximum atomic E-state index is 11.7. The van der Waals surface area contributed by atoms with Crippen LogP contribution in [0.15, 0.2) is 30.3 Å². The number of carbonyl (C=O) groups excluding carboxylic acids is 1. The standard InChI is InChI=1S/C13H14ClN5O/c1-8-6-9(2)16-12(15-8)18-19-13(20)17-11-5-3-4-10(14)7-11/h3-7H,1-2H3,(H,15,16,18)(H2,17,19,20). The van der Waals surface area contributed by atoms with Gasteiger partial charge in [-0.05, 0) is 38.1 Å². The van der Waals surface area contributed by atoms with E-state index < -0.39 is 6.03 Å². The summed E-state index contributed by atoms with van der Waals surface area (Å²) in [5, 5.41) is 3.18. The fraction of sp³-hybridized carbons (Fsp3) is 0.154. The number of carbonyl (C=O) groups is 1. The predicted octanol–water partition coefficient (Wildman–Crippen LogP) is 2.90. The Bertz CT molecular complexity index is 612. The second-order valence-electron chi connectivity index (χ2n) is 4.19. The van der Waals surface area contributed by atoms with Crippen molar-refractivity contribution < 1.29 is 4.79 Å². The van der Waals surface area contributed by atoms with Crippen LogP contribution in [0.1, 0.15) is 11.4 Å². The summed E-state index contributed by atoms with van der Waals surface area (Å²) >= 11 is 5.83. The third-order valence-corrected chi connectivity index (χ3v) is 2.59. The lowest BCUT2D eigenvalue weighted by Gasteiger charge is -2.09. The number of nitrogens with zero attached hydrogens (tertiary/aromatic N) is 2.